The van der Waals surface area contributed by atoms with Crippen molar-refractivity contribution >= 4 is 21.4 Å². The van der Waals surface area contributed by atoms with Crippen molar-refractivity contribution < 1.29 is 8.42 Å². The topological polar surface area (TPSA) is 61.4 Å². The van der Waals surface area contributed by atoms with E-state index in [4.69, 9.17) is 0 Å². The van der Waals surface area contributed by atoms with Crippen LogP contribution in [-0.2, 0) is 16.6 Å². The van der Waals surface area contributed by atoms with Crippen LogP contribution >= 0.6 is 11.3 Å². The van der Waals surface area contributed by atoms with Crippen molar-refractivity contribution in [1.82, 2.24) is 14.9 Å². The minimum Gasteiger partial charge on any atom is -0.315 e. The van der Waals surface area contributed by atoms with Gasteiger partial charge in [0.2, 0.25) is 10.0 Å². The van der Waals surface area contributed by atoms with E-state index in [1.165, 1.54) is 11.3 Å². The van der Waals surface area contributed by atoms with E-state index in [9.17, 15) is 8.42 Å². The molecule has 1 aromatic rings. The Morgan fingerprint density at radius 3 is 2.71 bits per heavy atom. The van der Waals surface area contributed by atoms with Crippen molar-refractivity contribution in [2.75, 3.05) is 34.2 Å². The van der Waals surface area contributed by atoms with Gasteiger partial charge in [-0.05, 0) is 27.2 Å². The molecule has 0 aliphatic rings. The molecule has 7 heteroatoms. The normalized spacial score (nSPS) is 12.2. The first kappa shape index (κ1) is 14.6. The van der Waals surface area contributed by atoms with Crippen LogP contribution in [0.25, 0.3) is 0 Å². The zero-order chi connectivity index (χ0) is 12.9. The first-order valence-electron chi connectivity index (χ1n) is 5.32. The summed E-state index contributed by atoms with van der Waals surface area (Å²) in [5, 5.41) is 4.67. The fraction of sp³-hybridized carbons (Fsp3) is 0.600. The van der Waals surface area contributed by atoms with E-state index >= 15 is 0 Å². The smallest absolute Gasteiger partial charge is 0.241 e. The molecule has 5 nitrogen and oxygen atoms in total. The minimum atomic E-state index is -3.35. The van der Waals surface area contributed by atoms with Gasteiger partial charge in [-0.15, -0.1) is 11.3 Å². The Bertz CT molecular complexity index is 440. The molecular formula is C10H19N3O2S2. The number of likely N-dealkylation sites (N-methyl/N-ethyl adjacent to an activating group) is 1. The molecule has 17 heavy (non-hydrogen) atoms. The number of hydrogen-bond donors (Lipinski definition) is 2. The summed E-state index contributed by atoms with van der Waals surface area (Å²) in [7, 11) is 2.30. The zero-order valence-electron chi connectivity index (χ0n) is 10.4. The summed E-state index contributed by atoms with van der Waals surface area (Å²) in [4.78, 5) is 3.30. The number of rotatable bonds is 7. The van der Waals surface area contributed by atoms with E-state index in [0.29, 0.717) is 24.5 Å². The maximum atomic E-state index is 11.9. The largest absolute Gasteiger partial charge is 0.315 e. The Kier molecular flexibility index (Phi) is 5.54. The third-order valence-electron chi connectivity index (χ3n) is 2.14. The minimum absolute atomic E-state index is 0.353. The van der Waals surface area contributed by atoms with Crippen molar-refractivity contribution in [3.63, 3.8) is 0 Å². The second kappa shape index (κ2) is 6.46. The van der Waals surface area contributed by atoms with Gasteiger partial charge in [0.25, 0.3) is 0 Å². The van der Waals surface area contributed by atoms with Crippen LogP contribution in [0.5, 0.6) is 0 Å². The van der Waals surface area contributed by atoms with Gasteiger partial charge in [0.1, 0.15) is 0 Å². The average Bonchev–Trinajstić information content (AvgIpc) is 2.66. The Hall–Kier alpha value is -0.470. The Labute approximate surface area is 107 Å². The molecule has 0 aliphatic heterocycles. The monoisotopic (exact) mass is 277 g/mol. The molecule has 98 valence electrons. The number of nitrogens with one attached hydrogen (secondary N) is 2. The Balaban J connectivity index is 2.62. The molecule has 2 N–H and O–H groups in total. The maximum absolute atomic E-state index is 11.9. The van der Waals surface area contributed by atoms with Gasteiger partial charge in [-0.25, -0.2) is 13.1 Å². The molecule has 0 bridgehead atoms. The van der Waals surface area contributed by atoms with Crippen molar-refractivity contribution in [2.45, 2.75) is 11.4 Å². The Morgan fingerprint density at radius 1 is 1.41 bits per heavy atom. The summed E-state index contributed by atoms with van der Waals surface area (Å²) in [5.41, 5.74) is 0. The second-order valence-electron chi connectivity index (χ2n) is 3.98. The first-order chi connectivity index (χ1) is 7.95. The van der Waals surface area contributed by atoms with Crippen LogP contribution in [0.1, 0.15) is 4.88 Å². The van der Waals surface area contributed by atoms with Gasteiger partial charge in [-0.1, -0.05) is 0 Å². The van der Waals surface area contributed by atoms with Gasteiger partial charge in [0.15, 0.2) is 0 Å². The molecule has 0 saturated heterocycles. The zero-order valence-corrected chi connectivity index (χ0v) is 12.0. The van der Waals surface area contributed by atoms with Gasteiger partial charge >= 0.3 is 0 Å². The van der Waals surface area contributed by atoms with Crippen LogP contribution in [-0.4, -0.2) is 47.6 Å². The van der Waals surface area contributed by atoms with Crippen LogP contribution in [0, 0.1) is 0 Å². The van der Waals surface area contributed by atoms with E-state index < -0.39 is 10.0 Å². The predicted molar refractivity (Wildman–Crippen MR) is 70.8 cm³/mol. The fourth-order valence-corrected chi connectivity index (χ4v) is 3.56. The highest BCUT2D eigenvalue weighted by atomic mass is 32.2. The van der Waals surface area contributed by atoms with Crippen LogP contribution < -0.4 is 10.0 Å². The molecule has 0 unspecified atom stereocenters. The van der Waals surface area contributed by atoms with Crippen molar-refractivity contribution in [1.29, 1.82) is 0 Å². The van der Waals surface area contributed by atoms with E-state index in [1.54, 1.807) is 11.4 Å². The highest BCUT2D eigenvalue weighted by Gasteiger charge is 2.15. The van der Waals surface area contributed by atoms with Crippen molar-refractivity contribution in [2.24, 2.45) is 0 Å². The van der Waals surface area contributed by atoms with Crippen molar-refractivity contribution in [3.05, 3.63) is 16.3 Å². The van der Waals surface area contributed by atoms with Crippen LogP contribution in [0.3, 0.4) is 0 Å². The number of thiophene rings is 1. The molecule has 1 aromatic heterocycles. The highest BCUT2D eigenvalue weighted by molar-refractivity contribution is 7.89. The lowest BCUT2D eigenvalue weighted by atomic mass is 10.5. The number of nitrogens with zero attached hydrogens (tertiary/aromatic N) is 1. The van der Waals surface area contributed by atoms with Gasteiger partial charge in [-0.2, -0.15) is 0 Å². The maximum Gasteiger partial charge on any atom is 0.241 e. The molecule has 0 fully saturated rings. The molecule has 0 aromatic carbocycles. The summed E-state index contributed by atoms with van der Waals surface area (Å²) >= 11 is 1.45. The third-order valence-corrected chi connectivity index (χ3v) is 4.67. The summed E-state index contributed by atoms with van der Waals surface area (Å²) in [6.07, 6.45) is 0. The highest BCUT2D eigenvalue weighted by Crippen LogP contribution is 2.18. The molecule has 0 aliphatic carbocycles. The number of sulfonamides is 1. The fourth-order valence-electron chi connectivity index (χ4n) is 1.26. The molecule has 0 atom stereocenters. The van der Waals surface area contributed by atoms with Crippen LogP contribution in [0.4, 0.5) is 0 Å². The Morgan fingerprint density at radius 2 is 2.12 bits per heavy atom. The lowest BCUT2D eigenvalue weighted by Gasteiger charge is -2.10. The lowest BCUT2D eigenvalue weighted by molar-refractivity contribution is 0.412. The number of hydrogen-bond acceptors (Lipinski definition) is 5. The van der Waals surface area contributed by atoms with E-state index in [2.05, 4.69) is 10.0 Å². The third kappa shape index (κ3) is 4.72. The van der Waals surface area contributed by atoms with Gasteiger partial charge in [0.05, 0.1) is 4.90 Å². The summed E-state index contributed by atoms with van der Waals surface area (Å²) in [6, 6.07) is 1.71. The van der Waals surface area contributed by atoms with Gasteiger partial charge in [-0.3, -0.25) is 0 Å². The van der Waals surface area contributed by atoms with Gasteiger partial charge < -0.3 is 10.2 Å². The SMILES string of the molecule is CNCc1cc(S(=O)(=O)NCCN(C)C)cs1. The standard InChI is InChI=1S/C10H19N3O2S2/c1-11-7-9-6-10(8-16-9)17(14,15)12-4-5-13(2)3/h6,8,11-12H,4-5,7H2,1-3H3. The van der Waals surface area contributed by atoms with E-state index in [0.717, 1.165) is 4.88 Å². The second-order valence-corrected chi connectivity index (χ2v) is 6.74. The van der Waals surface area contributed by atoms with Crippen LogP contribution in [0.2, 0.25) is 0 Å². The van der Waals surface area contributed by atoms with E-state index in [-0.39, 0.29) is 0 Å². The molecule has 0 spiro atoms. The molecule has 1 rings (SSSR count). The summed E-state index contributed by atoms with van der Waals surface area (Å²) < 4.78 is 26.4. The van der Waals surface area contributed by atoms with E-state index in [1.807, 2.05) is 26.0 Å². The molecule has 0 saturated carbocycles. The molecule has 1 heterocycles. The quantitative estimate of drug-likeness (QED) is 0.753. The first-order valence-corrected chi connectivity index (χ1v) is 7.68. The van der Waals surface area contributed by atoms with Crippen molar-refractivity contribution in [3.8, 4) is 0 Å². The average molecular weight is 277 g/mol. The predicted octanol–water partition coefficient (Wildman–Crippen LogP) is 0.307. The molecule has 0 radical (unpaired) electrons. The molecule has 0 amide bonds. The molecular weight excluding hydrogens is 258 g/mol. The van der Waals surface area contributed by atoms with Crippen LogP contribution in [0.15, 0.2) is 16.3 Å². The summed E-state index contributed by atoms with van der Waals surface area (Å²) in [6.45, 7) is 1.80. The van der Waals surface area contributed by atoms with Gasteiger partial charge in [0, 0.05) is 29.9 Å². The lowest BCUT2D eigenvalue weighted by Crippen LogP contribution is -2.31. The summed E-state index contributed by atoms with van der Waals surface area (Å²) in [5.74, 6) is 0.